The molecule has 5 nitrogen and oxygen atoms in total. The summed E-state index contributed by atoms with van der Waals surface area (Å²) in [5.74, 6) is 0.868. The van der Waals surface area contributed by atoms with Gasteiger partial charge in [0, 0.05) is 26.2 Å². The number of rotatable bonds is 5. The number of aryl methyl sites for hydroxylation is 1. The van der Waals surface area contributed by atoms with Gasteiger partial charge < -0.3 is 15.5 Å². The number of aromatic nitrogens is 2. The number of piperazine rings is 1. The molecular weight excluding hydrogens is 282 g/mol. The summed E-state index contributed by atoms with van der Waals surface area (Å²) in [7, 11) is 0. The molecule has 6 heteroatoms. The van der Waals surface area contributed by atoms with E-state index >= 15 is 0 Å². The van der Waals surface area contributed by atoms with Gasteiger partial charge in [-0.1, -0.05) is 33.0 Å². The van der Waals surface area contributed by atoms with Crippen LogP contribution < -0.4 is 10.6 Å². The maximum Gasteiger partial charge on any atom is 0.161 e. The van der Waals surface area contributed by atoms with E-state index in [0.717, 1.165) is 68.2 Å². The van der Waals surface area contributed by atoms with E-state index in [1.165, 1.54) is 0 Å². The lowest BCUT2D eigenvalue weighted by Crippen LogP contribution is -2.47. The standard InChI is InChI=1S/C15H25N5S/c1-4-11-12(5-2)17-18-15(13(11)14(16)21)20-9-7-19(6-3)8-10-20/h4-10H2,1-3H3,(H2,16,21). The second kappa shape index (κ2) is 7.13. The van der Waals surface area contributed by atoms with Gasteiger partial charge in [0.2, 0.25) is 0 Å². The molecule has 1 fully saturated rings. The number of anilines is 1. The van der Waals surface area contributed by atoms with Crippen LogP contribution in [-0.4, -0.2) is 52.8 Å². The van der Waals surface area contributed by atoms with E-state index in [4.69, 9.17) is 18.0 Å². The number of thiocarbonyl (C=S) groups is 1. The largest absolute Gasteiger partial charge is 0.389 e. The molecule has 0 aliphatic carbocycles. The molecule has 116 valence electrons. The Bertz CT molecular complexity index is 509. The lowest BCUT2D eigenvalue weighted by Gasteiger charge is -2.35. The maximum atomic E-state index is 6.00. The first-order valence-electron chi connectivity index (χ1n) is 7.77. The third-order valence-corrected chi connectivity index (χ3v) is 4.40. The van der Waals surface area contributed by atoms with Gasteiger partial charge in [-0.05, 0) is 24.9 Å². The minimum atomic E-state index is 0.435. The molecule has 0 spiro atoms. The lowest BCUT2D eigenvalue weighted by atomic mass is 10.0. The predicted octanol–water partition coefficient (Wildman–Crippen LogP) is 1.38. The topological polar surface area (TPSA) is 58.3 Å². The highest BCUT2D eigenvalue weighted by Crippen LogP contribution is 2.25. The van der Waals surface area contributed by atoms with Crippen LogP contribution in [0.3, 0.4) is 0 Å². The Labute approximate surface area is 132 Å². The Morgan fingerprint density at radius 1 is 1.10 bits per heavy atom. The van der Waals surface area contributed by atoms with Gasteiger partial charge in [-0.25, -0.2) is 0 Å². The van der Waals surface area contributed by atoms with E-state index in [1.807, 2.05) is 0 Å². The van der Waals surface area contributed by atoms with Crippen LogP contribution in [0.1, 0.15) is 37.6 Å². The Morgan fingerprint density at radius 3 is 2.24 bits per heavy atom. The number of likely N-dealkylation sites (N-methyl/N-ethyl adjacent to an activating group) is 1. The number of nitrogens with zero attached hydrogens (tertiary/aromatic N) is 4. The van der Waals surface area contributed by atoms with Crippen molar-refractivity contribution in [2.75, 3.05) is 37.6 Å². The molecule has 0 amide bonds. The van der Waals surface area contributed by atoms with E-state index in [-0.39, 0.29) is 0 Å². The normalized spacial score (nSPS) is 16.2. The molecule has 1 aliphatic rings. The second-order valence-corrected chi connectivity index (χ2v) is 5.76. The minimum absolute atomic E-state index is 0.435. The Balaban J connectivity index is 2.37. The fourth-order valence-corrected chi connectivity index (χ4v) is 3.13. The Hall–Kier alpha value is -1.27. The first-order valence-corrected chi connectivity index (χ1v) is 8.18. The smallest absolute Gasteiger partial charge is 0.161 e. The summed E-state index contributed by atoms with van der Waals surface area (Å²) >= 11 is 5.30. The number of hydrogen-bond acceptors (Lipinski definition) is 5. The van der Waals surface area contributed by atoms with Crippen LogP contribution in [0.5, 0.6) is 0 Å². The number of nitrogens with two attached hydrogens (primary N) is 1. The summed E-state index contributed by atoms with van der Waals surface area (Å²) in [6.45, 7) is 11.5. The zero-order chi connectivity index (χ0) is 15.4. The van der Waals surface area contributed by atoms with Crippen molar-refractivity contribution in [3.05, 3.63) is 16.8 Å². The summed E-state index contributed by atoms with van der Waals surface area (Å²) in [4.78, 5) is 5.14. The third-order valence-electron chi connectivity index (χ3n) is 4.19. The van der Waals surface area contributed by atoms with Gasteiger partial charge in [-0.2, -0.15) is 5.10 Å². The molecule has 2 N–H and O–H groups in total. The predicted molar refractivity (Wildman–Crippen MR) is 91.0 cm³/mol. The zero-order valence-electron chi connectivity index (χ0n) is 13.2. The summed E-state index contributed by atoms with van der Waals surface area (Å²) in [5.41, 5.74) is 9.11. The zero-order valence-corrected chi connectivity index (χ0v) is 14.0. The molecule has 0 bridgehead atoms. The van der Waals surface area contributed by atoms with E-state index < -0.39 is 0 Å². The van der Waals surface area contributed by atoms with Crippen LogP contribution in [0, 0.1) is 0 Å². The molecule has 1 saturated heterocycles. The second-order valence-electron chi connectivity index (χ2n) is 5.32. The molecule has 0 radical (unpaired) electrons. The highest BCUT2D eigenvalue weighted by atomic mass is 32.1. The van der Waals surface area contributed by atoms with Crippen molar-refractivity contribution < 1.29 is 0 Å². The monoisotopic (exact) mass is 307 g/mol. The van der Waals surface area contributed by atoms with Gasteiger partial charge in [0.1, 0.15) is 4.99 Å². The maximum absolute atomic E-state index is 6.00. The van der Waals surface area contributed by atoms with Crippen molar-refractivity contribution in [2.45, 2.75) is 33.6 Å². The third kappa shape index (κ3) is 3.32. The van der Waals surface area contributed by atoms with E-state index in [9.17, 15) is 0 Å². The van der Waals surface area contributed by atoms with Crippen LogP contribution in [0.2, 0.25) is 0 Å². The summed E-state index contributed by atoms with van der Waals surface area (Å²) in [5, 5.41) is 8.85. The summed E-state index contributed by atoms with van der Waals surface area (Å²) in [6, 6.07) is 0. The van der Waals surface area contributed by atoms with Crippen molar-refractivity contribution in [1.29, 1.82) is 0 Å². The summed E-state index contributed by atoms with van der Waals surface area (Å²) < 4.78 is 0. The first-order chi connectivity index (χ1) is 10.1. The molecule has 2 heterocycles. The van der Waals surface area contributed by atoms with Gasteiger partial charge in [0.25, 0.3) is 0 Å². The first kappa shape index (κ1) is 16.1. The highest BCUT2D eigenvalue weighted by Gasteiger charge is 2.24. The van der Waals surface area contributed by atoms with Crippen molar-refractivity contribution in [3.63, 3.8) is 0 Å². The van der Waals surface area contributed by atoms with Crippen molar-refractivity contribution in [2.24, 2.45) is 5.73 Å². The molecule has 0 unspecified atom stereocenters. The van der Waals surface area contributed by atoms with Crippen LogP contribution in [0.15, 0.2) is 0 Å². The van der Waals surface area contributed by atoms with Crippen LogP contribution in [-0.2, 0) is 12.8 Å². The molecule has 0 saturated carbocycles. The van der Waals surface area contributed by atoms with Gasteiger partial charge in [-0.15, -0.1) is 5.10 Å². The molecule has 0 atom stereocenters. The average Bonchev–Trinajstić information content (AvgIpc) is 2.53. The van der Waals surface area contributed by atoms with Crippen LogP contribution in [0.4, 0.5) is 5.82 Å². The molecule has 2 rings (SSSR count). The van der Waals surface area contributed by atoms with E-state index in [2.05, 4.69) is 40.8 Å². The van der Waals surface area contributed by atoms with Gasteiger partial charge in [0.15, 0.2) is 5.82 Å². The number of hydrogen-bond donors (Lipinski definition) is 1. The molecule has 1 aromatic heterocycles. The quantitative estimate of drug-likeness (QED) is 0.829. The average molecular weight is 307 g/mol. The Kier molecular flexibility index (Phi) is 5.47. The minimum Gasteiger partial charge on any atom is -0.389 e. The van der Waals surface area contributed by atoms with Crippen molar-refractivity contribution in [3.8, 4) is 0 Å². The SMILES string of the molecule is CCc1nnc(N2CCN(CC)CC2)c(C(N)=S)c1CC. The highest BCUT2D eigenvalue weighted by molar-refractivity contribution is 7.80. The summed E-state index contributed by atoms with van der Waals surface area (Å²) in [6.07, 6.45) is 1.74. The van der Waals surface area contributed by atoms with Crippen LogP contribution in [0.25, 0.3) is 0 Å². The van der Waals surface area contributed by atoms with Gasteiger partial charge in [0.05, 0.1) is 11.3 Å². The molecular formula is C15H25N5S. The molecule has 1 aliphatic heterocycles. The fourth-order valence-electron chi connectivity index (χ4n) is 2.92. The molecule has 1 aromatic rings. The fraction of sp³-hybridized carbons (Fsp3) is 0.667. The van der Waals surface area contributed by atoms with Gasteiger partial charge in [-0.3, -0.25) is 0 Å². The lowest BCUT2D eigenvalue weighted by molar-refractivity contribution is 0.270. The Morgan fingerprint density at radius 2 is 1.76 bits per heavy atom. The van der Waals surface area contributed by atoms with E-state index in [1.54, 1.807) is 0 Å². The van der Waals surface area contributed by atoms with Gasteiger partial charge >= 0.3 is 0 Å². The molecule has 0 aromatic carbocycles. The van der Waals surface area contributed by atoms with Crippen molar-refractivity contribution >= 4 is 23.0 Å². The molecule has 21 heavy (non-hydrogen) atoms. The van der Waals surface area contributed by atoms with Crippen molar-refractivity contribution in [1.82, 2.24) is 15.1 Å². The van der Waals surface area contributed by atoms with Crippen LogP contribution >= 0.6 is 12.2 Å². The van der Waals surface area contributed by atoms with E-state index in [0.29, 0.717) is 4.99 Å².